The molecule has 1 fully saturated rings. The maximum Gasteiger partial charge on any atom is 0.306 e. The molecular formula is C12H22O6S2. The molecule has 0 aromatic carbocycles. The van der Waals surface area contributed by atoms with Crippen LogP contribution in [-0.4, -0.2) is 52.9 Å². The Labute approximate surface area is 120 Å². The summed E-state index contributed by atoms with van der Waals surface area (Å²) in [7, 11) is -5.50. The molecule has 0 unspecified atom stereocenters. The van der Waals surface area contributed by atoms with Crippen molar-refractivity contribution in [2.75, 3.05) is 30.1 Å². The molecule has 1 aliphatic carbocycles. The monoisotopic (exact) mass is 326 g/mol. The topological polar surface area (TPSA) is 94.6 Å². The molecule has 20 heavy (non-hydrogen) atoms. The van der Waals surface area contributed by atoms with E-state index >= 15 is 0 Å². The number of ether oxygens (including phenoxy) is 1. The molecule has 1 aliphatic rings. The minimum atomic E-state index is -3.47. The summed E-state index contributed by atoms with van der Waals surface area (Å²) in [6.07, 6.45) is 1.91. The summed E-state index contributed by atoms with van der Waals surface area (Å²) in [4.78, 5) is 11.2. The quantitative estimate of drug-likeness (QED) is 0.575. The summed E-state index contributed by atoms with van der Waals surface area (Å²) < 4.78 is 51.6. The highest BCUT2D eigenvalue weighted by Gasteiger charge is 2.47. The first-order valence-corrected chi connectivity index (χ1v) is 10.3. The second-order valence-corrected chi connectivity index (χ2v) is 9.98. The first kappa shape index (κ1) is 17.4. The fourth-order valence-corrected chi connectivity index (χ4v) is 6.46. The number of carbonyl (C=O) groups excluding carboxylic acids is 1. The molecule has 1 saturated carbocycles. The fraction of sp³-hybridized carbons (Fsp3) is 0.917. The Kier molecular flexibility index (Phi) is 5.60. The van der Waals surface area contributed by atoms with Gasteiger partial charge in [0.1, 0.15) is 0 Å². The average Bonchev–Trinajstić information content (AvgIpc) is 3.05. The zero-order valence-corrected chi connectivity index (χ0v) is 13.6. The molecule has 0 heterocycles. The molecule has 0 atom stereocenters. The lowest BCUT2D eigenvalue weighted by Crippen LogP contribution is -2.26. The number of rotatable bonds is 9. The van der Waals surface area contributed by atoms with E-state index in [4.69, 9.17) is 0 Å². The fourth-order valence-electron chi connectivity index (χ4n) is 2.13. The standard InChI is InChI=1S/C12H22O6S2/c1-3-6-19(14,15)7-8-20(16,17)10-12(4-5-12)9-11(13)18-2/h3-10H2,1-2H3. The van der Waals surface area contributed by atoms with E-state index in [1.54, 1.807) is 6.92 Å². The van der Waals surface area contributed by atoms with Gasteiger partial charge in [-0.2, -0.15) is 0 Å². The third kappa shape index (κ3) is 5.78. The van der Waals surface area contributed by atoms with Crippen molar-refractivity contribution in [3.8, 4) is 0 Å². The lowest BCUT2D eigenvalue weighted by molar-refractivity contribution is -0.141. The van der Waals surface area contributed by atoms with Crippen molar-refractivity contribution in [2.24, 2.45) is 5.41 Å². The first-order chi connectivity index (χ1) is 9.14. The second-order valence-electron chi connectivity index (χ2n) is 5.50. The van der Waals surface area contributed by atoms with Crippen LogP contribution in [0.2, 0.25) is 0 Å². The van der Waals surface area contributed by atoms with Crippen LogP contribution in [0.25, 0.3) is 0 Å². The molecule has 0 bridgehead atoms. The average molecular weight is 326 g/mol. The van der Waals surface area contributed by atoms with Gasteiger partial charge in [-0.15, -0.1) is 0 Å². The molecule has 0 spiro atoms. The van der Waals surface area contributed by atoms with E-state index in [-0.39, 0.29) is 29.4 Å². The van der Waals surface area contributed by atoms with E-state index in [1.807, 2.05) is 0 Å². The van der Waals surface area contributed by atoms with Gasteiger partial charge in [-0.1, -0.05) is 6.92 Å². The molecule has 0 aromatic heterocycles. The van der Waals surface area contributed by atoms with E-state index in [1.165, 1.54) is 7.11 Å². The van der Waals surface area contributed by atoms with E-state index < -0.39 is 31.1 Å². The van der Waals surface area contributed by atoms with Gasteiger partial charge < -0.3 is 4.74 Å². The SMILES string of the molecule is CCCS(=O)(=O)CCS(=O)(=O)CC1(CC(=O)OC)CC1. The number of carbonyl (C=O) groups is 1. The van der Waals surface area contributed by atoms with Crippen LogP contribution < -0.4 is 0 Å². The number of methoxy groups -OCH3 is 1. The zero-order valence-electron chi connectivity index (χ0n) is 11.9. The normalized spacial score (nSPS) is 17.7. The highest BCUT2D eigenvalue weighted by atomic mass is 32.2. The van der Waals surface area contributed by atoms with Crippen LogP contribution in [0, 0.1) is 5.41 Å². The second kappa shape index (κ2) is 6.43. The minimum Gasteiger partial charge on any atom is -0.469 e. The maximum atomic E-state index is 12.0. The Morgan fingerprint density at radius 2 is 1.60 bits per heavy atom. The van der Waals surface area contributed by atoms with Gasteiger partial charge in [0, 0.05) is 5.75 Å². The summed E-state index contributed by atoms with van der Waals surface area (Å²) >= 11 is 0. The molecule has 0 amide bonds. The van der Waals surface area contributed by atoms with Gasteiger partial charge in [-0.25, -0.2) is 16.8 Å². The van der Waals surface area contributed by atoms with Crippen molar-refractivity contribution in [2.45, 2.75) is 32.6 Å². The maximum absolute atomic E-state index is 12.0. The lowest BCUT2D eigenvalue weighted by atomic mass is 10.1. The number of hydrogen-bond donors (Lipinski definition) is 0. The van der Waals surface area contributed by atoms with Crippen molar-refractivity contribution in [3.63, 3.8) is 0 Å². The Hall–Kier alpha value is -0.630. The molecule has 0 N–H and O–H groups in total. The number of esters is 1. The highest BCUT2D eigenvalue weighted by molar-refractivity contribution is 7.95. The molecule has 0 aromatic rings. The zero-order chi connectivity index (χ0) is 15.4. The van der Waals surface area contributed by atoms with Crippen LogP contribution >= 0.6 is 0 Å². The third-order valence-corrected chi connectivity index (χ3v) is 7.44. The van der Waals surface area contributed by atoms with Gasteiger partial charge in [0.05, 0.1) is 30.8 Å². The number of hydrogen-bond acceptors (Lipinski definition) is 6. The first-order valence-electron chi connectivity index (χ1n) is 6.61. The van der Waals surface area contributed by atoms with Gasteiger partial charge in [0.25, 0.3) is 0 Å². The van der Waals surface area contributed by atoms with Crippen molar-refractivity contribution >= 4 is 25.6 Å². The smallest absolute Gasteiger partial charge is 0.306 e. The lowest BCUT2D eigenvalue weighted by Gasteiger charge is -2.14. The van der Waals surface area contributed by atoms with Gasteiger partial charge in [0.15, 0.2) is 19.7 Å². The van der Waals surface area contributed by atoms with Crippen LogP contribution in [0.15, 0.2) is 0 Å². The minimum absolute atomic E-state index is 0.00975. The Bertz CT molecular complexity index is 542. The third-order valence-electron chi connectivity index (χ3n) is 3.45. The van der Waals surface area contributed by atoms with Gasteiger partial charge >= 0.3 is 5.97 Å². The predicted octanol–water partition coefficient (Wildman–Crippen LogP) is 0.569. The van der Waals surface area contributed by atoms with E-state index in [0.29, 0.717) is 19.3 Å². The predicted molar refractivity (Wildman–Crippen MR) is 75.9 cm³/mol. The van der Waals surface area contributed by atoms with Crippen molar-refractivity contribution in [1.82, 2.24) is 0 Å². The van der Waals surface area contributed by atoms with E-state index in [9.17, 15) is 21.6 Å². The molecule has 0 saturated heterocycles. The van der Waals surface area contributed by atoms with Crippen molar-refractivity contribution in [1.29, 1.82) is 0 Å². The van der Waals surface area contributed by atoms with Crippen LogP contribution in [-0.2, 0) is 29.2 Å². The largest absolute Gasteiger partial charge is 0.469 e. The summed E-state index contributed by atoms with van der Waals surface area (Å²) in [6.45, 7) is 1.74. The van der Waals surface area contributed by atoms with Gasteiger partial charge in [0.2, 0.25) is 0 Å². The van der Waals surface area contributed by atoms with Gasteiger partial charge in [-0.05, 0) is 24.7 Å². The molecule has 0 radical (unpaired) electrons. The summed E-state index contributed by atoms with van der Waals surface area (Å²) in [5, 5.41) is 0. The molecule has 118 valence electrons. The molecule has 8 heteroatoms. The van der Waals surface area contributed by atoms with Gasteiger partial charge in [-0.3, -0.25) is 4.79 Å². The number of sulfone groups is 2. The Balaban J connectivity index is 2.56. The molecule has 6 nitrogen and oxygen atoms in total. The summed E-state index contributed by atoms with van der Waals surface area (Å²) in [6, 6.07) is 0. The highest BCUT2D eigenvalue weighted by Crippen LogP contribution is 2.50. The molecule has 1 rings (SSSR count). The van der Waals surface area contributed by atoms with Crippen molar-refractivity contribution in [3.05, 3.63) is 0 Å². The van der Waals surface area contributed by atoms with Crippen LogP contribution in [0.4, 0.5) is 0 Å². The van der Waals surface area contributed by atoms with E-state index in [0.717, 1.165) is 0 Å². The van der Waals surface area contributed by atoms with Crippen LogP contribution in [0.5, 0.6) is 0 Å². The Morgan fingerprint density at radius 3 is 2.05 bits per heavy atom. The van der Waals surface area contributed by atoms with Crippen LogP contribution in [0.1, 0.15) is 32.6 Å². The van der Waals surface area contributed by atoms with Crippen LogP contribution in [0.3, 0.4) is 0 Å². The van der Waals surface area contributed by atoms with E-state index in [2.05, 4.69) is 4.74 Å². The summed E-state index contributed by atoms with van der Waals surface area (Å²) in [5.74, 6) is -1.24. The Morgan fingerprint density at radius 1 is 1.05 bits per heavy atom. The molecular weight excluding hydrogens is 304 g/mol. The molecule has 0 aliphatic heterocycles. The van der Waals surface area contributed by atoms with Crippen molar-refractivity contribution < 1.29 is 26.4 Å². The summed E-state index contributed by atoms with van der Waals surface area (Å²) in [5.41, 5.74) is -0.527.